The molecular weight excluding hydrogens is 208 g/mol. The molecule has 0 saturated heterocycles. The van der Waals surface area contributed by atoms with Gasteiger partial charge in [-0.2, -0.15) is 4.39 Å². The van der Waals surface area contributed by atoms with Gasteiger partial charge in [0.05, 0.1) is 6.10 Å². The van der Waals surface area contributed by atoms with Crippen molar-refractivity contribution in [1.82, 2.24) is 0 Å². The molecule has 0 saturated carbocycles. The summed E-state index contributed by atoms with van der Waals surface area (Å²) in [7, 11) is 0. The van der Waals surface area contributed by atoms with Crippen LogP contribution in [-0.4, -0.2) is 21.9 Å². The lowest BCUT2D eigenvalue weighted by Crippen LogP contribution is -2.07. The van der Waals surface area contributed by atoms with Gasteiger partial charge in [0, 0.05) is 5.56 Å². The van der Waals surface area contributed by atoms with E-state index in [1.54, 1.807) is 0 Å². The highest BCUT2D eigenvalue weighted by Crippen LogP contribution is 2.35. The molecule has 0 bridgehead atoms. The Bertz CT molecular complexity index is 371. The van der Waals surface area contributed by atoms with Gasteiger partial charge in [-0.3, -0.25) is 0 Å². The molecule has 0 aromatic heterocycles. The minimum absolute atomic E-state index is 0.0528. The van der Waals surface area contributed by atoms with E-state index in [4.69, 9.17) is 10.8 Å². The van der Waals surface area contributed by atoms with Gasteiger partial charge in [-0.1, -0.05) is 0 Å². The number of halogens is 2. The second kappa shape index (κ2) is 4.41. The number of phenols is 2. The molecule has 1 aromatic rings. The van der Waals surface area contributed by atoms with Crippen LogP contribution in [0.1, 0.15) is 18.1 Å². The molecule has 1 unspecified atom stereocenters. The van der Waals surface area contributed by atoms with E-state index in [-0.39, 0.29) is 18.5 Å². The number of aliphatic hydroxyl groups is 1. The molecule has 0 aliphatic rings. The first-order valence-corrected chi connectivity index (χ1v) is 4.27. The van der Waals surface area contributed by atoms with Crippen LogP contribution < -0.4 is 5.73 Å². The Balaban J connectivity index is 3.19. The lowest BCUT2D eigenvalue weighted by Gasteiger charge is -2.12. The van der Waals surface area contributed by atoms with Crippen LogP contribution in [0.5, 0.6) is 11.5 Å². The van der Waals surface area contributed by atoms with Crippen LogP contribution in [0.15, 0.2) is 6.07 Å². The first-order valence-electron chi connectivity index (χ1n) is 4.27. The Labute approximate surface area is 84.6 Å². The van der Waals surface area contributed by atoms with Gasteiger partial charge in [-0.25, -0.2) is 4.39 Å². The zero-order valence-corrected chi connectivity index (χ0v) is 7.74. The first-order chi connectivity index (χ1) is 6.99. The Morgan fingerprint density at radius 1 is 1.27 bits per heavy atom. The third-order valence-electron chi connectivity index (χ3n) is 2.00. The third-order valence-corrected chi connectivity index (χ3v) is 2.00. The lowest BCUT2D eigenvalue weighted by atomic mass is 10.0. The lowest BCUT2D eigenvalue weighted by molar-refractivity contribution is 0.164. The third kappa shape index (κ3) is 2.16. The summed E-state index contributed by atoms with van der Waals surface area (Å²) in [6.07, 6.45) is -1.21. The smallest absolute Gasteiger partial charge is 0.209 e. The summed E-state index contributed by atoms with van der Waals surface area (Å²) >= 11 is 0. The van der Waals surface area contributed by atoms with Crippen LogP contribution in [0.4, 0.5) is 8.78 Å². The standard InChI is InChI=1S/C9H11F2NO3/c10-5-3-4(6(13)1-2-12)8(14)7(11)9(5)15/h3,6,13-15H,1-2,12H2. The molecule has 0 aliphatic carbocycles. The Morgan fingerprint density at radius 2 is 1.87 bits per heavy atom. The number of hydrogen-bond acceptors (Lipinski definition) is 4. The van der Waals surface area contributed by atoms with Crippen molar-refractivity contribution in [3.63, 3.8) is 0 Å². The van der Waals surface area contributed by atoms with E-state index < -0.39 is 29.2 Å². The van der Waals surface area contributed by atoms with E-state index in [1.807, 2.05) is 0 Å². The maximum Gasteiger partial charge on any atom is 0.209 e. The van der Waals surface area contributed by atoms with Gasteiger partial charge in [-0.05, 0) is 19.0 Å². The van der Waals surface area contributed by atoms with E-state index in [2.05, 4.69) is 0 Å². The predicted molar refractivity (Wildman–Crippen MR) is 48.3 cm³/mol. The minimum atomic E-state index is -1.49. The number of aromatic hydroxyl groups is 2. The van der Waals surface area contributed by atoms with E-state index in [0.717, 1.165) is 0 Å². The van der Waals surface area contributed by atoms with Crippen LogP contribution in [0, 0.1) is 11.6 Å². The normalized spacial score (nSPS) is 12.8. The Morgan fingerprint density at radius 3 is 2.40 bits per heavy atom. The molecule has 0 fully saturated rings. The Kier molecular flexibility index (Phi) is 3.43. The molecular formula is C9H11F2NO3. The number of hydrogen-bond donors (Lipinski definition) is 4. The summed E-state index contributed by atoms with van der Waals surface area (Å²) in [6, 6.07) is 0.675. The zero-order valence-electron chi connectivity index (χ0n) is 7.74. The van der Waals surface area contributed by atoms with E-state index in [1.165, 1.54) is 0 Å². The molecule has 15 heavy (non-hydrogen) atoms. The van der Waals surface area contributed by atoms with Crippen molar-refractivity contribution in [3.05, 3.63) is 23.3 Å². The fourth-order valence-electron chi connectivity index (χ4n) is 1.18. The highest BCUT2D eigenvalue weighted by molar-refractivity contribution is 5.43. The van der Waals surface area contributed by atoms with Gasteiger partial charge in [0.2, 0.25) is 5.82 Å². The molecule has 6 heteroatoms. The molecule has 1 rings (SSSR count). The van der Waals surface area contributed by atoms with Crippen molar-refractivity contribution >= 4 is 0 Å². The average Bonchev–Trinajstić information content (AvgIpc) is 2.20. The zero-order chi connectivity index (χ0) is 11.6. The molecule has 1 atom stereocenters. The molecule has 0 heterocycles. The summed E-state index contributed by atoms with van der Waals surface area (Å²) in [5, 5.41) is 27.4. The topological polar surface area (TPSA) is 86.7 Å². The van der Waals surface area contributed by atoms with Crippen molar-refractivity contribution in [2.75, 3.05) is 6.54 Å². The number of aliphatic hydroxyl groups excluding tert-OH is 1. The van der Waals surface area contributed by atoms with Crippen LogP contribution in [0.25, 0.3) is 0 Å². The quantitative estimate of drug-likeness (QED) is 0.604. The monoisotopic (exact) mass is 219 g/mol. The SMILES string of the molecule is NCCC(O)c1cc(F)c(O)c(F)c1O. The van der Waals surface area contributed by atoms with Crippen molar-refractivity contribution < 1.29 is 24.1 Å². The molecule has 0 radical (unpaired) electrons. The average molecular weight is 219 g/mol. The van der Waals surface area contributed by atoms with Crippen molar-refractivity contribution in [2.24, 2.45) is 5.73 Å². The highest BCUT2D eigenvalue weighted by atomic mass is 19.1. The van der Waals surface area contributed by atoms with Gasteiger partial charge < -0.3 is 21.1 Å². The van der Waals surface area contributed by atoms with Crippen molar-refractivity contribution in [1.29, 1.82) is 0 Å². The molecule has 4 nitrogen and oxygen atoms in total. The molecule has 0 amide bonds. The summed E-state index contributed by atoms with van der Waals surface area (Å²) < 4.78 is 25.8. The summed E-state index contributed by atoms with van der Waals surface area (Å²) in [4.78, 5) is 0. The predicted octanol–water partition coefficient (Wildman–Crippen LogP) is 0.758. The molecule has 1 aromatic carbocycles. The number of phenolic OH excluding ortho intramolecular Hbond substituents is 2. The van der Waals surface area contributed by atoms with E-state index >= 15 is 0 Å². The second-order valence-electron chi connectivity index (χ2n) is 3.05. The van der Waals surface area contributed by atoms with Gasteiger partial charge in [0.1, 0.15) is 0 Å². The maximum atomic E-state index is 13.0. The first kappa shape index (κ1) is 11.7. The number of benzene rings is 1. The molecule has 84 valence electrons. The largest absolute Gasteiger partial charge is 0.504 e. The van der Waals surface area contributed by atoms with Crippen molar-refractivity contribution in [2.45, 2.75) is 12.5 Å². The molecule has 0 spiro atoms. The van der Waals surface area contributed by atoms with Gasteiger partial charge in [0.15, 0.2) is 17.3 Å². The van der Waals surface area contributed by atoms with Crippen LogP contribution in [0.3, 0.4) is 0 Å². The summed E-state index contributed by atoms with van der Waals surface area (Å²) in [5.41, 5.74) is 4.82. The van der Waals surface area contributed by atoms with Crippen molar-refractivity contribution in [3.8, 4) is 11.5 Å². The molecule has 5 N–H and O–H groups in total. The number of rotatable bonds is 3. The van der Waals surface area contributed by atoms with E-state index in [0.29, 0.717) is 6.07 Å². The van der Waals surface area contributed by atoms with Crippen LogP contribution in [0.2, 0.25) is 0 Å². The fourth-order valence-corrected chi connectivity index (χ4v) is 1.18. The highest BCUT2D eigenvalue weighted by Gasteiger charge is 2.21. The van der Waals surface area contributed by atoms with Crippen LogP contribution >= 0.6 is 0 Å². The Hall–Kier alpha value is -1.40. The fraction of sp³-hybridized carbons (Fsp3) is 0.333. The maximum absolute atomic E-state index is 13.0. The van der Waals surface area contributed by atoms with E-state index in [9.17, 15) is 19.0 Å². The minimum Gasteiger partial charge on any atom is -0.504 e. The summed E-state index contributed by atoms with van der Waals surface area (Å²) in [6.45, 7) is 0.102. The molecule has 0 aliphatic heterocycles. The number of nitrogens with two attached hydrogens (primary N) is 1. The van der Waals surface area contributed by atoms with Gasteiger partial charge in [-0.15, -0.1) is 0 Å². The van der Waals surface area contributed by atoms with Gasteiger partial charge in [0.25, 0.3) is 0 Å². The van der Waals surface area contributed by atoms with Crippen LogP contribution in [-0.2, 0) is 0 Å². The van der Waals surface area contributed by atoms with Gasteiger partial charge >= 0.3 is 0 Å². The summed E-state index contributed by atoms with van der Waals surface area (Å²) in [5.74, 6) is -4.96. The second-order valence-corrected chi connectivity index (χ2v) is 3.05.